The lowest BCUT2D eigenvalue weighted by atomic mass is 10.1. The number of methoxy groups -OCH3 is 1. The Balaban J connectivity index is 2.37. The molecule has 0 atom stereocenters. The molecular formula is C14H21NO. The quantitative estimate of drug-likeness (QED) is 0.711. The second-order valence-electron chi connectivity index (χ2n) is 3.65. The van der Waals surface area contributed by atoms with Crippen molar-refractivity contribution in [3.8, 4) is 0 Å². The van der Waals surface area contributed by atoms with E-state index in [9.17, 15) is 0 Å². The van der Waals surface area contributed by atoms with Crippen molar-refractivity contribution < 1.29 is 4.74 Å². The average molecular weight is 219 g/mol. The summed E-state index contributed by atoms with van der Waals surface area (Å²) < 4.78 is 4.96. The monoisotopic (exact) mass is 219 g/mol. The van der Waals surface area contributed by atoms with E-state index < -0.39 is 0 Å². The van der Waals surface area contributed by atoms with Gasteiger partial charge in [0, 0.05) is 20.2 Å². The van der Waals surface area contributed by atoms with Crippen LogP contribution in [0.4, 0.5) is 0 Å². The molecule has 0 saturated carbocycles. The number of hydrogen-bond donors (Lipinski definition) is 1. The van der Waals surface area contributed by atoms with Gasteiger partial charge >= 0.3 is 0 Å². The smallest absolute Gasteiger partial charge is 0.0587 e. The van der Waals surface area contributed by atoms with Crippen LogP contribution in [0.15, 0.2) is 30.3 Å². The number of aryl methyl sites for hydroxylation is 1. The van der Waals surface area contributed by atoms with Crippen LogP contribution in [0.5, 0.6) is 0 Å². The van der Waals surface area contributed by atoms with Crippen molar-refractivity contribution in [3.05, 3.63) is 41.5 Å². The highest BCUT2D eigenvalue weighted by Gasteiger charge is 1.93. The third kappa shape index (κ3) is 4.60. The SMILES string of the molecule is CCc1ccccc1C=CCNCCOC. The minimum Gasteiger partial charge on any atom is -0.383 e. The maximum atomic E-state index is 4.96. The van der Waals surface area contributed by atoms with Crippen LogP contribution < -0.4 is 5.32 Å². The molecule has 0 bridgehead atoms. The number of rotatable bonds is 7. The Morgan fingerprint density at radius 3 is 2.88 bits per heavy atom. The van der Waals surface area contributed by atoms with Crippen LogP contribution >= 0.6 is 0 Å². The molecule has 0 saturated heterocycles. The third-order valence-electron chi connectivity index (χ3n) is 2.48. The van der Waals surface area contributed by atoms with E-state index in [2.05, 4.69) is 48.7 Å². The van der Waals surface area contributed by atoms with Gasteiger partial charge in [0.25, 0.3) is 0 Å². The highest BCUT2D eigenvalue weighted by atomic mass is 16.5. The molecule has 0 radical (unpaired) electrons. The predicted molar refractivity (Wildman–Crippen MR) is 69.6 cm³/mol. The lowest BCUT2D eigenvalue weighted by Crippen LogP contribution is -2.18. The van der Waals surface area contributed by atoms with Crippen LogP contribution in [0.3, 0.4) is 0 Å². The first-order valence-corrected chi connectivity index (χ1v) is 5.82. The summed E-state index contributed by atoms with van der Waals surface area (Å²) in [7, 11) is 1.72. The summed E-state index contributed by atoms with van der Waals surface area (Å²) >= 11 is 0. The van der Waals surface area contributed by atoms with Crippen molar-refractivity contribution in [2.45, 2.75) is 13.3 Å². The maximum absolute atomic E-state index is 4.96. The Hall–Kier alpha value is -1.12. The van der Waals surface area contributed by atoms with Gasteiger partial charge < -0.3 is 10.1 Å². The molecule has 0 unspecified atom stereocenters. The van der Waals surface area contributed by atoms with Gasteiger partial charge in [-0.15, -0.1) is 0 Å². The topological polar surface area (TPSA) is 21.3 Å². The van der Waals surface area contributed by atoms with Crippen LogP contribution in [0.2, 0.25) is 0 Å². The molecule has 16 heavy (non-hydrogen) atoms. The van der Waals surface area contributed by atoms with Gasteiger partial charge in [0.15, 0.2) is 0 Å². The molecular weight excluding hydrogens is 198 g/mol. The van der Waals surface area contributed by atoms with Gasteiger partial charge in [0.2, 0.25) is 0 Å². The van der Waals surface area contributed by atoms with Gasteiger partial charge in [-0.25, -0.2) is 0 Å². The van der Waals surface area contributed by atoms with Gasteiger partial charge in [-0.2, -0.15) is 0 Å². The maximum Gasteiger partial charge on any atom is 0.0587 e. The fraction of sp³-hybridized carbons (Fsp3) is 0.429. The lowest BCUT2D eigenvalue weighted by Gasteiger charge is -2.02. The molecule has 0 aliphatic heterocycles. The van der Waals surface area contributed by atoms with Crippen molar-refractivity contribution in [2.24, 2.45) is 0 Å². The molecule has 1 N–H and O–H groups in total. The molecule has 0 amide bonds. The summed E-state index contributed by atoms with van der Waals surface area (Å²) in [5.41, 5.74) is 2.72. The van der Waals surface area contributed by atoms with Gasteiger partial charge in [0.05, 0.1) is 6.61 Å². The molecule has 1 rings (SSSR count). The van der Waals surface area contributed by atoms with E-state index in [-0.39, 0.29) is 0 Å². The molecule has 0 aliphatic carbocycles. The van der Waals surface area contributed by atoms with Crippen LogP contribution in [0.1, 0.15) is 18.1 Å². The van der Waals surface area contributed by atoms with E-state index in [1.165, 1.54) is 11.1 Å². The zero-order valence-corrected chi connectivity index (χ0v) is 10.2. The van der Waals surface area contributed by atoms with Crippen LogP contribution in [0.25, 0.3) is 6.08 Å². The largest absolute Gasteiger partial charge is 0.383 e. The number of ether oxygens (including phenoxy) is 1. The fourth-order valence-electron chi connectivity index (χ4n) is 1.56. The molecule has 0 aromatic heterocycles. The van der Waals surface area contributed by atoms with E-state index in [1.54, 1.807) is 7.11 Å². The van der Waals surface area contributed by atoms with E-state index in [1.807, 2.05) is 0 Å². The Bertz CT molecular complexity index is 320. The Labute approximate surface area is 98.3 Å². The molecule has 0 fully saturated rings. The van der Waals surface area contributed by atoms with Gasteiger partial charge in [-0.05, 0) is 17.5 Å². The summed E-state index contributed by atoms with van der Waals surface area (Å²) in [5, 5.41) is 3.28. The molecule has 1 aromatic rings. The van der Waals surface area contributed by atoms with Crippen molar-refractivity contribution in [3.63, 3.8) is 0 Å². The standard InChI is InChI=1S/C14H21NO/c1-3-13-7-4-5-8-14(13)9-6-10-15-11-12-16-2/h4-9,15H,3,10-12H2,1-2H3. The van der Waals surface area contributed by atoms with Gasteiger partial charge in [0.1, 0.15) is 0 Å². The van der Waals surface area contributed by atoms with Gasteiger partial charge in [-0.3, -0.25) is 0 Å². The highest BCUT2D eigenvalue weighted by Crippen LogP contribution is 2.10. The Morgan fingerprint density at radius 2 is 2.12 bits per heavy atom. The zero-order valence-electron chi connectivity index (χ0n) is 10.2. The van der Waals surface area contributed by atoms with Crippen molar-refractivity contribution in [1.82, 2.24) is 5.32 Å². The molecule has 1 aromatic carbocycles. The van der Waals surface area contributed by atoms with E-state index >= 15 is 0 Å². The molecule has 0 spiro atoms. The second-order valence-corrected chi connectivity index (χ2v) is 3.65. The third-order valence-corrected chi connectivity index (χ3v) is 2.48. The van der Waals surface area contributed by atoms with Crippen molar-refractivity contribution in [1.29, 1.82) is 0 Å². The first-order valence-electron chi connectivity index (χ1n) is 5.82. The summed E-state index contributed by atoms with van der Waals surface area (Å²) in [6.45, 7) is 4.74. The minimum atomic E-state index is 0.763. The van der Waals surface area contributed by atoms with E-state index in [0.717, 1.165) is 26.1 Å². The van der Waals surface area contributed by atoms with E-state index in [4.69, 9.17) is 4.74 Å². The predicted octanol–water partition coefficient (Wildman–Crippen LogP) is 2.50. The van der Waals surface area contributed by atoms with Crippen molar-refractivity contribution >= 4 is 6.08 Å². The average Bonchev–Trinajstić information content (AvgIpc) is 2.34. The van der Waals surface area contributed by atoms with Crippen LogP contribution in [0, 0.1) is 0 Å². The summed E-state index contributed by atoms with van der Waals surface area (Å²) in [6, 6.07) is 8.51. The molecule has 0 heterocycles. The van der Waals surface area contributed by atoms with Gasteiger partial charge in [-0.1, -0.05) is 43.3 Å². The van der Waals surface area contributed by atoms with Crippen LogP contribution in [-0.4, -0.2) is 26.8 Å². The molecule has 88 valence electrons. The fourth-order valence-corrected chi connectivity index (χ4v) is 1.56. The molecule has 0 aliphatic rings. The molecule has 2 nitrogen and oxygen atoms in total. The first kappa shape index (κ1) is 12.9. The molecule has 2 heteroatoms. The normalized spacial score (nSPS) is 11.1. The second kappa shape index (κ2) is 8.08. The Kier molecular flexibility index (Phi) is 6.54. The van der Waals surface area contributed by atoms with Crippen LogP contribution in [-0.2, 0) is 11.2 Å². The summed E-state index contributed by atoms with van der Waals surface area (Å²) in [6.07, 6.45) is 5.42. The first-order chi connectivity index (χ1) is 7.88. The zero-order chi connectivity index (χ0) is 11.6. The summed E-state index contributed by atoms with van der Waals surface area (Å²) in [4.78, 5) is 0. The number of hydrogen-bond acceptors (Lipinski definition) is 2. The summed E-state index contributed by atoms with van der Waals surface area (Å²) in [5.74, 6) is 0. The van der Waals surface area contributed by atoms with E-state index in [0.29, 0.717) is 0 Å². The Morgan fingerprint density at radius 1 is 1.31 bits per heavy atom. The minimum absolute atomic E-state index is 0.763. The number of benzene rings is 1. The number of nitrogens with one attached hydrogen (secondary N) is 1. The highest BCUT2D eigenvalue weighted by molar-refractivity contribution is 5.53. The lowest BCUT2D eigenvalue weighted by molar-refractivity contribution is 0.200. The van der Waals surface area contributed by atoms with Crippen molar-refractivity contribution in [2.75, 3.05) is 26.8 Å².